The average molecular weight is 332 g/mol. The second-order valence-corrected chi connectivity index (χ2v) is 6.85. The van der Waals surface area contributed by atoms with Crippen LogP contribution in [0.2, 0.25) is 0 Å². The van der Waals surface area contributed by atoms with Crippen molar-refractivity contribution in [3.05, 3.63) is 88.0 Å². The second kappa shape index (κ2) is 7.06. The molecule has 3 nitrogen and oxygen atoms in total. The highest BCUT2D eigenvalue weighted by molar-refractivity contribution is 5.97. The molecular weight excluding hydrogens is 308 g/mol. The summed E-state index contributed by atoms with van der Waals surface area (Å²) in [5.74, 6) is 0.167. The van der Waals surface area contributed by atoms with E-state index in [1.54, 1.807) is 0 Å². The summed E-state index contributed by atoms with van der Waals surface area (Å²) in [6.45, 7) is 9.00. The third-order valence-electron chi connectivity index (χ3n) is 4.72. The predicted octanol–water partition coefficient (Wildman–Crippen LogP) is 4.59. The van der Waals surface area contributed by atoms with E-state index in [-0.39, 0.29) is 5.78 Å². The van der Waals surface area contributed by atoms with Gasteiger partial charge in [0.15, 0.2) is 5.78 Å². The molecule has 3 aromatic rings. The van der Waals surface area contributed by atoms with E-state index in [4.69, 9.17) is 0 Å². The van der Waals surface area contributed by atoms with Crippen molar-refractivity contribution in [2.24, 2.45) is 0 Å². The van der Waals surface area contributed by atoms with E-state index in [2.05, 4.69) is 41.6 Å². The van der Waals surface area contributed by atoms with E-state index in [9.17, 15) is 4.79 Å². The molecule has 0 radical (unpaired) electrons. The van der Waals surface area contributed by atoms with Crippen LogP contribution >= 0.6 is 0 Å². The van der Waals surface area contributed by atoms with Gasteiger partial charge in [0.05, 0.1) is 12.0 Å². The van der Waals surface area contributed by atoms with Crippen molar-refractivity contribution in [2.75, 3.05) is 0 Å². The lowest BCUT2D eigenvalue weighted by Crippen LogP contribution is -2.06. The molecule has 0 aliphatic carbocycles. The molecule has 0 unspecified atom stereocenters. The molecule has 3 rings (SSSR count). The summed E-state index contributed by atoms with van der Waals surface area (Å²) in [7, 11) is 0. The highest BCUT2D eigenvalue weighted by Crippen LogP contribution is 2.16. The van der Waals surface area contributed by atoms with Gasteiger partial charge in [0.2, 0.25) is 0 Å². The van der Waals surface area contributed by atoms with Gasteiger partial charge in [0, 0.05) is 24.7 Å². The molecule has 3 heteroatoms. The maximum atomic E-state index is 12.6. The highest BCUT2D eigenvalue weighted by atomic mass is 16.1. The Bertz CT molecular complexity index is 922. The Morgan fingerprint density at radius 3 is 2.40 bits per heavy atom. The SMILES string of the molecule is Cc1cn(Cc2ccc(CC(=O)c3ccc(C)c(C)c3)cc2C)cn1. The number of rotatable bonds is 5. The lowest BCUT2D eigenvalue weighted by atomic mass is 9.97. The number of aryl methyl sites for hydroxylation is 4. The van der Waals surface area contributed by atoms with Crippen LogP contribution in [0.3, 0.4) is 0 Å². The number of imidazole rings is 1. The van der Waals surface area contributed by atoms with E-state index in [1.165, 1.54) is 16.7 Å². The van der Waals surface area contributed by atoms with E-state index in [0.29, 0.717) is 6.42 Å². The predicted molar refractivity (Wildman–Crippen MR) is 101 cm³/mol. The normalized spacial score (nSPS) is 10.9. The molecule has 2 aromatic carbocycles. The van der Waals surface area contributed by atoms with Crippen LogP contribution < -0.4 is 0 Å². The largest absolute Gasteiger partial charge is 0.333 e. The number of hydrogen-bond donors (Lipinski definition) is 0. The van der Waals surface area contributed by atoms with Crippen LogP contribution in [0, 0.1) is 27.7 Å². The fourth-order valence-corrected chi connectivity index (χ4v) is 3.00. The second-order valence-electron chi connectivity index (χ2n) is 6.85. The van der Waals surface area contributed by atoms with Gasteiger partial charge in [0.1, 0.15) is 0 Å². The lowest BCUT2D eigenvalue weighted by molar-refractivity contribution is 0.0993. The van der Waals surface area contributed by atoms with Gasteiger partial charge < -0.3 is 4.57 Å². The fraction of sp³-hybridized carbons (Fsp3) is 0.273. The van der Waals surface area contributed by atoms with Crippen molar-refractivity contribution in [3.8, 4) is 0 Å². The molecule has 128 valence electrons. The third-order valence-corrected chi connectivity index (χ3v) is 4.72. The van der Waals surface area contributed by atoms with E-state index >= 15 is 0 Å². The van der Waals surface area contributed by atoms with E-state index in [0.717, 1.165) is 28.9 Å². The minimum absolute atomic E-state index is 0.167. The average Bonchev–Trinajstić information content (AvgIpc) is 2.97. The Labute approximate surface area is 149 Å². The van der Waals surface area contributed by atoms with Crippen molar-refractivity contribution in [2.45, 2.75) is 40.7 Å². The molecule has 1 aromatic heterocycles. The zero-order valence-electron chi connectivity index (χ0n) is 15.3. The molecule has 0 bridgehead atoms. The first kappa shape index (κ1) is 17.2. The number of aromatic nitrogens is 2. The number of hydrogen-bond acceptors (Lipinski definition) is 2. The molecule has 25 heavy (non-hydrogen) atoms. The van der Waals surface area contributed by atoms with Crippen LogP contribution in [-0.4, -0.2) is 15.3 Å². The summed E-state index contributed by atoms with van der Waals surface area (Å²) in [5.41, 5.74) is 7.70. The standard InChI is InChI=1S/C22H24N2O/c1-15-5-7-20(10-16(15)2)22(25)11-19-6-8-21(17(3)9-19)13-24-12-18(4)23-14-24/h5-10,12,14H,11,13H2,1-4H3. The molecule has 0 fully saturated rings. The number of nitrogens with zero attached hydrogens (tertiary/aromatic N) is 2. The van der Waals surface area contributed by atoms with E-state index < -0.39 is 0 Å². The number of ketones is 1. The van der Waals surface area contributed by atoms with Gasteiger partial charge in [-0.1, -0.05) is 30.3 Å². The molecule has 0 amide bonds. The zero-order chi connectivity index (χ0) is 18.0. The number of carbonyl (C=O) groups excluding carboxylic acids is 1. The highest BCUT2D eigenvalue weighted by Gasteiger charge is 2.10. The minimum atomic E-state index is 0.167. The molecule has 0 aliphatic rings. The van der Waals surface area contributed by atoms with Gasteiger partial charge in [-0.15, -0.1) is 0 Å². The topological polar surface area (TPSA) is 34.9 Å². The Balaban J connectivity index is 1.73. The number of Topliss-reactive ketones (excluding diaryl/α,β-unsaturated/α-hetero) is 1. The van der Waals surface area contributed by atoms with Gasteiger partial charge in [-0.3, -0.25) is 4.79 Å². The summed E-state index contributed by atoms with van der Waals surface area (Å²) >= 11 is 0. The first-order valence-corrected chi connectivity index (χ1v) is 8.59. The molecule has 0 saturated carbocycles. The fourth-order valence-electron chi connectivity index (χ4n) is 3.00. The van der Waals surface area contributed by atoms with Crippen molar-refractivity contribution in [3.63, 3.8) is 0 Å². The molecule has 1 heterocycles. The summed E-state index contributed by atoms with van der Waals surface area (Å²) in [4.78, 5) is 16.8. The zero-order valence-corrected chi connectivity index (χ0v) is 15.3. The smallest absolute Gasteiger partial charge is 0.167 e. The third kappa shape index (κ3) is 4.05. The molecule has 0 atom stereocenters. The number of carbonyl (C=O) groups is 1. The van der Waals surface area contributed by atoms with Crippen LogP contribution in [-0.2, 0) is 13.0 Å². The van der Waals surface area contributed by atoms with Gasteiger partial charge in [0.25, 0.3) is 0 Å². The van der Waals surface area contributed by atoms with Crippen LogP contribution in [0.5, 0.6) is 0 Å². The lowest BCUT2D eigenvalue weighted by Gasteiger charge is -2.10. The van der Waals surface area contributed by atoms with Crippen LogP contribution in [0.1, 0.15) is 43.9 Å². The summed E-state index contributed by atoms with van der Waals surface area (Å²) < 4.78 is 2.08. The monoisotopic (exact) mass is 332 g/mol. The van der Waals surface area contributed by atoms with E-state index in [1.807, 2.05) is 44.6 Å². The molecular formula is C22H24N2O. The Hall–Kier alpha value is -2.68. The minimum Gasteiger partial charge on any atom is -0.333 e. The van der Waals surface area contributed by atoms with Crippen molar-refractivity contribution < 1.29 is 4.79 Å². The van der Waals surface area contributed by atoms with Crippen LogP contribution in [0.15, 0.2) is 48.9 Å². The van der Waals surface area contributed by atoms with Crippen LogP contribution in [0.4, 0.5) is 0 Å². The summed E-state index contributed by atoms with van der Waals surface area (Å²) in [5, 5.41) is 0. The van der Waals surface area contributed by atoms with Crippen molar-refractivity contribution in [1.29, 1.82) is 0 Å². The molecule has 0 N–H and O–H groups in total. The molecule has 0 aliphatic heterocycles. The van der Waals surface area contributed by atoms with Gasteiger partial charge in [-0.05, 0) is 61.6 Å². The molecule has 0 spiro atoms. The first-order valence-electron chi connectivity index (χ1n) is 8.59. The summed E-state index contributed by atoms with van der Waals surface area (Å²) in [6.07, 6.45) is 4.33. The van der Waals surface area contributed by atoms with Gasteiger partial charge in [-0.2, -0.15) is 0 Å². The quantitative estimate of drug-likeness (QED) is 0.641. The Kier molecular flexibility index (Phi) is 4.84. The summed E-state index contributed by atoms with van der Waals surface area (Å²) in [6, 6.07) is 12.2. The maximum absolute atomic E-state index is 12.6. The Morgan fingerprint density at radius 2 is 1.76 bits per heavy atom. The van der Waals surface area contributed by atoms with Crippen molar-refractivity contribution >= 4 is 5.78 Å². The van der Waals surface area contributed by atoms with Crippen LogP contribution in [0.25, 0.3) is 0 Å². The Morgan fingerprint density at radius 1 is 0.960 bits per heavy atom. The van der Waals surface area contributed by atoms with Crippen molar-refractivity contribution in [1.82, 2.24) is 9.55 Å². The van der Waals surface area contributed by atoms with Gasteiger partial charge in [-0.25, -0.2) is 4.98 Å². The number of benzene rings is 2. The first-order chi connectivity index (χ1) is 11.9. The van der Waals surface area contributed by atoms with Gasteiger partial charge >= 0.3 is 0 Å². The molecule has 0 saturated heterocycles. The maximum Gasteiger partial charge on any atom is 0.167 e.